The van der Waals surface area contributed by atoms with E-state index in [1.807, 2.05) is 24.3 Å². The van der Waals surface area contributed by atoms with E-state index in [2.05, 4.69) is 48.3 Å². The van der Waals surface area contributed by atoms with E-state index in [-0.39, 0.29) is 31.0 Å². The molecular weight excluding hydrogens is 464 g/mol. The van der Waals surface area contributed by atoms with Crippen molar-refractivity contribution < 1.29 is 19.4 Å². The number of nitrogens with one attached hydrogen (secondary N) is 1. The van der Waals surface area contributed by atoms with E-state index in [0.29, 0.717) is 31.3 Å². The number of nitrogens with zero attached hydrogens (tertiary/aromatic N) is 1. The number of hydrogen-bond donors (Lipinski definition) is 2. The predicted octanol–water partition coefficient (Wildman–Crippen LogP) is 5.44. The Bertz CT molecular complexity index is 1040. The molecule has 2 aliphatic carbocycles. The van der Waals surface area contributed by atoms with Gasteiger partial charge in [-0.2, -0.15) is 0 Å². The molecule has 2 unspecified atom stereocenters. The van der Waals surface area contributed by atoms with Crippen LogP contribution in [0.3, 0.4) is 0 Å². The Balaban J connectivity index is 0.00000289. The van der Waals surface area contributed by atoms with Crippen LogP contribution in [0.4, 0.5) is 4.79 Å². The van der Waals surface area contributed by atoms with E-state index in [9.17, 15) is 14.7 Å². The highest BCUT2D eigenvalue weighted by Crippen LogP contribution is 2.44. The van der Waals surface area contributed by atoms with Gasteiger partial charge in [0.15, 0.2) is 0 Å². The van der Waals surface area contributed by atoms with Crippen molar-refractivity contribution in [2.75, 3.05) is 13.2 Å². The van der Waals surface area contributed by atoms with Crippen LogP contribution in [0.1, 0.15) is 63.0 Å². The van der Waals surface area contributed by atoms with E-state index in [1.165, 1.54) is 12.8 Å². The maximum Gasteiger partial charge on any atom is 0.408 e. The molecule has 1 amide bonds. The first-order valence-corrected chi connectivity index (χ1v) is 12.5. The van der Waals surface area contributed by atoms with Crippen LogP contribution in [0, 0.1) is 5.92 Å². The van der Waals surface area contributed by atoms with Gasteiger partial charge in [0.25, 0.3) is 0 Å². The van der Waals surface area contributed by atoms with Gasteiger partial charge in [-0.3, -0.25) is 4.90 Å². The summed E-state index contributed by atoms with van der Waals surface area (Å²) in [4.78, 5) is 27.8. The van der Waals surface area contributed by atoms with E-state index < -0.39 is 17.6 Å². The Morgan fingerprint density at radius 2 is 1.69 bits per heavy atom. The third-order valence-corrected chi connectivity index (χ3v) is 7.91. The van der Waals surface area contributed by atoms with Crippen molar-refractivity contribution in [1.82, 2.24) is 10.2 Å². The number of fused-ring (bicyclic) bond motifs is 3. The quantitative estimate of drug-likeness (QED) is 0.531. The van der Waals surface area contributed by atoms with Crippen molar-refractivity contribution >= 4 is 24.5 Å². The van der Waals surface area contributed by atoms with Gasteiger partial charge in [-0.15, -0.1) is 12.4 Å². The number of amides is 1. The fourth-order valence-electron chi connectivity index (χ4n) is 5.95. The standard InChI is InChI=1S/C28H34N2O4.ClH/c1-18(2)30-14-13-28(26(31)32,16-20(30)15-19-11-12-19)29-27(33)34-17-25-23-9-5-3-7-21(23)22-8-4-6-10-24(22)25;/h3-10,18-20,25H,11-17H2,1-2H3,(H,29,33)(H,31,32);1H. The Morgan fingerprint density at radius 3 is 2.23 bits per heavy atom. The third kappa shape index (κ3) is 5.05. The molecule has 2 atom stereocenters. The monoisotopic (exact) mass is 498 g/mol. The van der Waals surface area contributed by atoms with E-state index in [0.717, 1.165) is 28.7 Å². The summed E-state index contributed by atoms with van der Waals surface area (Å²) in [5.41, 5.74) is 3.32. The summed E-state index contributed by atoms with van der Waals surface area (Å²) in [5, 5.41) is 13.0. The van der Waals surface area contributed by atoms with Gasteiger partial charge in [0.1, 0.15) is 12.1 Å². The second kappa shape index (κ2) is 10.2. The van der Waals surface area contributed by atoms with Gasteiger partial charge in [0, 0.05) is 24.5 Å². The molecule has 7 heteroatoms. The Hall–Kier alpha value is -2.57. The lowest BCUT2D eigenvalue weighted by Gasteiger charge is -2.46. The maximum absolute atomic E-state index is 12.9. The van der Waals surface area contributed by atoms with Crippen LogP contribution in [0.25, 0.3) is 11.1 Å². The minimum Gasteiger partial charge on any atom is -0.480 e. The smallest absolute Gasteiger partial charge is 0.408 e. The number of carbonyl (C=O) groups excluding carboxylic acids is 1. The first-order valence-electron chi connectivity index (χ1n) is 12.5. The highest BCUT2D eigenvalue weighted by molar-refractivity contribution is 5.85. The summed E-state index contributed by atoms with van der Waals surface area (Å²) in [6, 6.07) is 16.9. The number of alkyl carbamates (subject to hydrolysis) is 1. The molecule has 2 N–H and O–H groups in total. The molecular formula is C28H35ClN2O4. The first kappa shape index (κ1) is 25.5. The molecule has 2 aromatic rings. The van der Waals surface area contributed by atoms with Gasteiger partial charge in [0.2, 0.25) is 0 Å². The number of likely N-dealkylation sites (tertiary alicyclic amines) is 1. The molecule has 2 fully saturated rings. The maximum atomic E-state index is 12.9. The minimum absolute atomic E-state index is 0. The highest BCUT2D eigenvalue weighted by atomic mass is 35.5. The van der Waals surface area contributed by atoms with Crippen molar-refractivity contribution in [1.29, 1.82) is 0 Å². The van der Waals surface area contributed by atoms with Crippen LogP contribution in [-0.4, -0.2) is 52.8 Å². The van der Waals surface area contributed by atoms with Crippen LogP contribution >= 0.6 is 12.4 Å². The summed E-state index contributed by atoms with van der Waals surface area (Å²) in [7, 11) is 0. The predicted molar refractivity (Wildman–Crippen MR) is 138 cm³/mol. The average molecular weight is 499 g/mol. The number of ether oxygens (including phenoxy) is 1. The van der Waals surface area contributed by atoms with E-state index in [4.69, 9.17) is 4.74 Å². The molecule has 1 saturated heterocycles. The summed E-state index contributed by atoms with van der Waals surface area (Å²) >= 11 is 0. The zero-order valence-corrected chi connectivity index (χ0v) is 21.2. The molecule has 6 nitrogen and oxygen atoms in total. The second-order valence-corrected chi connectivity index (χ2v) is 10.5. The van der Waals surface area contributed by atoms with Gasteiger partial charge in [-0.1, -0.05) is 61.4 Å². The lowest BCUT2D eigenvalue weighted by Crippen LogP contribution is -2.63. The molecule has 2 aromatic carbocycles. The highest BCUT2D eigenvalue weighted by Gasteiger charge is 2.48. The summed E-state index contributed by atoms with van der Waals surface area (Å²) in [5.74, 6) is -0.333. The zero-order chi connectivity index (χ0) is 23.9. The van der Waals surface area contributed by atoms with Crippen LogP contribution in [0.2, 0.25) is 0 Å². The van der Waals surface area contributed by atoms with Crippen LogP contribution in [0.15, 0.2) is 48.5 Å². The summed E-state index contributed by atoms with van der Waals surface area (Å²) in [6.45, 7) is 5.16. The molecule has 0 bridgehead atoms. The van der Waals surface area contributed by atoms with Gasteiger partial charge in [0.05, 0.1) is 0 Å². The van der Waals surface area contributed by atoms with Gasteiger partial charge in [-0.05, 0) is 61.3 Å². The lowest BCUT2D eigenvalue weighted by molar-refractivity contribution is -0.148. The van der Waals surface area contributed by atoms with Gasteiger partial charge >= 0.3 is 12.1 Å². The van der Waals surface area contributed by atoms with Crippen molar-refractivity contribution in [3.63, 3.8) is 0 Å². The number of carboxylic acid groups (broad SMARTS) is 1. The SMILES string of the molecule is CC(C)N1CCC(NC(=O)OCC2c3ccccc3-c3ccccc32)(C(=O)O)CC1CC1CC1.Cl. The van der Waals surface area contributed by atoms with Gasteiger partial charge < -0.3 is 15.2 Å². The van der Waals surface area contributed by atoms with Crippen LogP contribution < -0.4 is 5.32 Å². The number of rotatable bonds is 7. The molecule has 0 aromatic heterocycles. The number of hydrogen-bond acceptors (Lipinski definition) is 4. The fraction of sp³-hybridized carbons (Fsp3) is 0.500. The zero-order valence-electron chi connectivity index (χ0n) is 20.4. The molecule has 188 valence electrons. The van der Waals surface area contributed by atoms with Crippen molar-refractivity contribution in [3.05, 3.63) is 59.7 Å². The number of carboxylic acids is 1. The van der Waals surface area contributed by atoms with E-state index >= 15 is 0 Å². The Labute approximate surface area is 213 Å². The number of halogens is 1. The first-order chi connectivity index (χ1) is 16.4. The Kier molecular flexibility index (Phi) is 7.43. The molecule has 3 aliphatic rings. The number of aliphatic carboxylic acids is 1. The number of benzene rings is 2. The third-order valence-electron chi connectivity index (χ3n) is 7.91. The second-order valence-electron chi connectivity index (χ2n) is 10.5. The largest absolute Gasteiger partial charge is 0.480 e. The normalized spacial score (nSPS) is 23.8. The summed E-state index contributed by atoms with van der Waals surface area (Å²) in [6.07, 6.45) is 3.60. The van der Waals surface area contributed by atoms with E-state index in [1.54, 1.807) is 0 Å². The number of piperidine rings is 1. The fourth-order valence-corrected chi connectivity index (χ4v) is 5.95. The molecule has 35 heavy (non-hydrogen) atoms. The number of carbonyl (C=O) groups is 2. The Morgan fingerprint density at radius 1 is 1.09 bits per heavy atom. The molecule has 0 radical (unpaired) electrons. The van der Waals surface area contributed by atoms with Crippen molar-refractivity contribution in [2.24, 2.45) is 5.92 Å². The summed E-state index contributed by atoms with van der Waals surface area (Å²) < 4.78 is 5.69. The molecule has 1 saturated carbocycles. The topological polar surface area (TPSA) is 78.9 Å². The van der Waals surface area contributed by atoms with Crippen molar-refractivity contribution in [2.45, 2.75) is 69.5 Å². The lowest BCUT2D eigenvalue weighted by atomic mass is 9.80. The van der Waals surface area contributed by atoms with Crippen molar-refractivity contribution in [3.8, 4) is 11.1 Å². The molecule has 0 spiro atoms. The van der Waals surface area contributed by atoms with Crippen LogP contribution in [-0.2, 0) is 9.53 Å². The minimum atomic E-state index is -1.28. The van der Waals surface area contributed by atoms with Gasteiger partial charge in [-0.25, -0.2) is 9.59 Å². The molecule has 5 rings (SSSR count). The molecule has 1 aliphatic heterocycles. The van der Waals surface area contributed by atoms with Crippen LogP contribution in [0.5, 0.6) is 0 Å². The molecule has 1 heterocycles. The average Bonchev–Trinajstić information content (AvgIpc) is 3.58.